The van der Waals surface area contributed by atoms with Crippen LogP contribution in [-0.2, 0) is 0 Å². The number of rotatable bonds is 3. The first-order valence-electron chi connectivity index (χ1n) is 6.70. The molecule has 1 aromatic rings. The molecule has 1 aliphatic heterocycles. The summed E-state index contributed by atoms with van der Waals surface area (Å²) in [6.07, 6.45) is 0. The van der Waals surface area contributed by atoms with E-state index in [4.69, 9.17) is 5.26 Å². The molecule has 0 unspecified atom stereocenters. The highest BCUT2D eigenvalue weighted by atomic mass is 19.1. The number of nitriles is 1. The van der Waals surface area contributed by atoms with E-state index in [0.717, 1.165) is 6.07 Å². The van der Waals surface area contributed by atoms with Crippen molar-refractivity contribution in [2.75, 3.05) is 31.1 Å². The van der Waals surface area contributed by atoms with E-state index in [1.54, 1.807) is 0 Å². The van der Waals surface area contributed by atoms with Gasteiger partial charge >= 0.3 is 0 Å². The van der Waals surface area contributed by atoms with Gasteiger partial charge in [0.1, 0.15) is 17.0 Å². The van der Waals surface area contributed by atoms with Gasteiger partial charge in [-0.25, -0.2) is 4.39 Å². The molecule has 0 N–H and O–H groups in total. The average molecular weight is 292 g/mol. The molecule has 0 saturated carbocycles. The molecule has 1 saturated heterocycles. The van der Waals surface area contributed by atoms with Gasteiger partial charge in [0.05, 0.1) is 17.1 Å². The van der Waals surface area contributed by atoms with Crippen LogP contribution < -0.4 is 4.90 Å². The van der Waals surface area contributed by atoms with Crippen molar-refractivity contribution >= 4 is 11.4 Å². The van der Waals surface area contributed by atoms with Gasteiger partial charge in [0.2, 0.25) is 0 Å². The maximum absolute atomic E-state index is 13.2. The van der Waals surface area contributed by atoms with Crippen LogP contribution in [0, 0.1) is 27.3 Å². The summed E-state index contributed by atoms with van der Waals surface area (Å²) in [5, 5.41) is 20.2. The van der Waals surface area contributed by atoms with Crippen LogP contribution in [0.5, 0.6) is 0 Å². The largest absolute Gasteiger partial charge is 0.363 e. The molecular formula is C14H17FN4O2. The number of piperazine rings is 1. The van der Waals surface area contributed by atoms with E-state index >= 15 is 0 Å². The second kappa shape index (κ2) is 5.66. The number of anilines is 1. The summed E-state index contributed by atoms with van der Waals surface area (Å²) in [4.78, 5) is 14.4. The minimum atomic E-state index is -0.616. The SMILES string of the molecule is CC(C)(C#N)N1CCN(c2ccc(F)cc2[N+](=O)[O-])CC1. The van der Waals surface area contributed by atoms with Crippen LogP contribution in [0.3, 0.4) is 0 Å². The highest BCUT2D eigenvalue weighted by Crippen LogP contribution is 2.30. The Hall–Kier alpha value is -2.20. The molecule has 7 heteroatoms. The van der Waals surface area contributed by atoms with Crippen LogP contribution in [0.1, 0.15) is 13.8 Å². The molecule has 112 valence electrons. The minimum absolute atomic E-state index is 0.219. The Balaban J connectivity index is 2.17. The van der Waals surface area contributed by atoms with Crippen LogP contribution in [0.15, 0.2) is 18.2 Å². The fourth-order valence-corrected chi connectivity index (χ4v) is 2.49. The third-order valence-corrected chi connectivity index (χ3v) is 3.82. The van der Waals surface area contributed by atoms with Crippen molar-refractivity contribution in [2.24, 2.45) is 0 Å². The van der Waals surface area contributed by atoms with Crippen molar-refractivity contribution in [3.63, 3.8) is 0 Å². The summed E-state index contributed by atoms with van der Waals surface area (Å²) < 4.78 is 13.2. The first kappa shape index (κ1) is 15.2. The van der Waals surface area contributed by atoms with Crippen molar-refractivity contribution in [3.05, 3.63) is 34.1 Å². The van der Waals surface area contributed by atoms with Gasteiger partial charge in [-0.2, -0.15) is 5.26 Å². The number of hydrogen-bond donors (Lipinski definition) is 0. The standard InChI is InChI=1S/C14H17FN4O2/c1-14(2,10-16)18-7-5-17(6-8-18)12-4-3-11(15)9-13(12)19(20)21/h3-4,9H,5-8H2,1-2H3. The molecule has 0 aliphatic carbocycles. The Labute approximate surface area is 122 Å². The fraction of sp³-hybridized carbons (Fsp3) is 0.500. The molecule has 2 rings (SSSR count). The number of benzene rings is 1. The smallest absolute Gasteiger partial charge is 0.295 e. The monoisotopic (exact) mass is 292 g/mol. The number of hydrogen-bond acceptors (Lipinski definition) is 5. The molecule has 1 aromatic carbocycles. The fourth-order valence-electron chi connectivity index (χ4n) is 2.49. The zero-order valence-corrected chi connectivity index (χ0v) is 12.0. The summed E-state index contributed by atoms with van der Waals surface area (Å²) in [6, 6.07) is 5.87. The molecular weight excluding hydrogens is 275 g/mol. The van der Waals surface area contributed by atoms with Crippen molar-refractivity contribution in [3.8, 4) is 6.07 Å². The van der Waals surface area contributed by atoms with Crippen LogP contribution >= 0.6 is 0 Å². The lowest BCUT2D eigenvalue weighted by Gasteiger charge is -2.41. The van der Waals surface area contributed by atoms with Gasteiger partial charge in [0.15, 0.2) is 0 Å². The van der Waals surface area contributed by atoms with Gasteiger partial charge in [0.25, 0.3) is 5.69 Å². The van der Waals surface area contributed by atoms with Crippen molar-refractivity contribution < 1.29 is 9.31 Å². The van der Waals surface area contributed by atoms with Gasteiger partial charge < -0.3 is 4.90 Å². The lowest BCUT2D eigenvalue weighted by atomic mass is 10.0. The lowest BCUT2D eigenvalue weighted by Crippen LogP contribution is -2.54. The molecule has 6 nitrogen and oxygen atoms in total. The average Bonchev–Trinajstić information content (AvgIpc) is 2.47. The van der Waals surface area contributed by atoms with E-state index in [1.807, 2.05) is 23.6 Å². The van der Waals surface area contributed by atoms with Crippen molar-refractivity contribution in [1.82, 2.24) is 4.90 Å². The normalized spacial score (nSPS) is 16.6. The summed E-state index contributed by atoms with van der Waals surface area (Å²) in [6.45, 7) is 6.10. The second-order valence-electron chi connectivity index (χ2n) is 5.54. The number of nitrogens with zero attached hydrogens (tertiary/aromatic N) is 4. The first-order valence-corrected chi connectivity index (χ1v) is 6.70. The molecule has 0 atom stereocenters. The molecule has 1 heterocycles. The highest BCUT2D eigenvalue weighted by molar-refractivity contribution is 5.63. The Morgan fingerprint density at radius 3 is 2.48 bits per heavy atom. The second-order valence-corrected chi connectivity index (χ2v) is 5.54. The van der Waals surface area contributed by atoms with Gasteiger partial charge in [-0.3, -0.25) is 15.0 Å². The van der Waals surface area contributed by atoms with E-state index in [1.165, 1.54) is 12.1 Å². The van der Waals surface area contributed by atoms with E-state index < -0.39 is 16.3 Å². The Bertz CT molecular complexity index is 589. The Kier molecular flexibility index (Phi) is 4.09. The van der Waals surface area contributed by atoms with Crippen LogP contribution in [-0.4, -0.2) is 41.5 Å². The van der Waals surface area contributed by atoms with E-state index in [2.05, 4.69) is 6.07 Å². The third kappa shape index (κ3) is 3.11. The Morgan fingerprint density at radius 1 is 1.33 bits per heavy atom. The predicted octanol–water partition coefficient (Wildman–Crippen LogP) is 2.16. The summed E-state index contributed by atoms with van der Waals surface area (Å²) in [5.41, 5.74) is -0.348. The van der Waals surface area contributed by atoms with E-state index in [9.17, 15) is 14.5 Å². The molecule has 0 aromatic heterocycles. The van der Waals surface area contributed by atoms with Crippen LogP contribution in [0.25, 0.3) is 0 Å². The molecule has 0 radical (unpaired) electrons. The quantitative estimate of drug-likeness (QED) is 0.630. The molecule has 0 spiro atoms. The summed E-state index contributed by atoms with van der Waals surface area (Å²) in [5.74, 6) is -0.616. The van der Waals surface area contributed by atoms with Crippen molar-refractivity contribution in [2.45, 2.75) is 19.4 Å². The predicted molar refractivity (Wildman–Crippen MR) is 76.5 cm³/mol. The van der Waals surface area contributed by atoms with Gasteiger partial charge in [0, 0.05) is 26.2 Å². The van der Waals surface area contributed by atoms with E-state index in [-0.39, 0.29) is 5.69 Å². The first-order chi connectivity index (χ1) is 9.85. The zero-order chi connectivity index (χ0) is 15.6. The minimum Gasteiger partial charge on any atom is -0.363 e. The lowest BCUT2D eigenvalue weighted by molar-refractivity contribution is -0.384. The van der Waals surface area contributed by atoms with Crippen LogP contribution in [0.2, 0.25) is 0 Å². The van der Waals surface area contributed by atoms with Crippen molar-refractivity contribution in [1.29, 1.82) is 5.26 Å². The Morgan fingerprint density at radius 2 is 1.95 bits per heavy atom. The molecule has 21 heavy (non-hydrogen) atoms. The third-order valence-electron chi connectivity index (χ3n) is 3.82. The maximum Gasteiger partial charge on any atom is 0.295 e. The summed E-state index contributed by atoms with van der Waals surface area (Å²) >= 11 is 0. The number of nitro benzene ring substituents is 1. The molecule has 1 fully saturated rings. The van der Waals surface area contributed by atoms with Gasteiger partial charge in [-0.05, 0) is 26.0 Å². The molecule has 0 bridgehead atoms. The van der Waals surface area contributed by atoms with E-state index in [0.29, 0.717) is 31.9 Å². The van der Waals surface area contributed by atoms with Gasteiger partial charge in [-0.1, -0.05) is 0 Å². The topological polar surface area (TPSA) is 73.4 Å². The highest BCUT2D eigenvalue weighted by Gasteiger charge is 2.31. The molecule has 1 aliphatic rings. The number of nitro groups is 1. The summed E-state index contributed by atoms with van der Waals surface area (Å²) in [7, 11) is 0. The number of halogens is 1. The maximum atomic E-state index is 13.2. The molecule has 0 amide bonds. The zero-order valence-electron chi connectivity index (χ0n) is 12.0. The van der Waals surface area contributed by atoms with Crippen LogP contribution in [0.4, 0.5) is 15.8 Å². The van der Waals surface area contributed by atoms with Gasteiger partial charge in [-0.15, -0.1) is 0 Å².